The normalized spacial score (nSPS) is 9.64. The summed E-state index contributed by atoms with van der Waals surface area (Å²) in [6.07, 6.45) is 1.41. The highest BCUT2D eigenvalue weighted by Gasteiger charge is 1.95. The number of benzene rings is 1. The molecule has 0 aliphatic rings. The van der Waals surface area contributed by atoms with Crippen LogP contribution >= 0.6 is 15.9 Å². The lowest BCUT2D eigenvalue weighted by atomic mass is 10.1. The largest absolute Gasteiger partial charge is 0.303 e. The van der Waals surface area contributed by atoms with Crippen molar-refractivity contribution in [2.45, 2.75) is 13.3 Å². The van der Waals surface area contributed by atoms with E-state index in [1.165, 1.54) is 5.56 Å². The molecule has 0 atom stereocenters. The maximum Gasteiger partial charge on any atom is 0.124 e. The van der Waals surface area contributed by atoms with Crippen molar-refractivity contribution in [3.8, 4) is 0 Å². The van der Waals surface area contributed by atoms with E-state index >= 15 is 0 Å². The van der Waals surface area contributed by atoms with Crippen LogP contribution in [0, 0.1) is 6.92 Å². The fourth-order valence-corrected chi connectivity index (χ4v) is 1.29. The van der Waals surface area contributed by atoms with Gasteiger partial charge in [0, 0.05) is 10.9 Å². The molecular formula is C9H9BrO. The zero-order valence-electron chi connectivity index (χ0n) is 6.30. The van der Waals surface area contributed by atoms with Crippen LogP contribution in [0.3, 0.4) is 0 Å². The van der Waals surface area contributed by atoms with Crippen LogP contribution in [0.2, 0.25) is 0 Å². The van der Waals surface area contributed by atoms with Gasteiger partial charge in [0.1, 0.15) is 6.29 Å². The van der Waals surface area contributed by atoms with Gasteiger partial charge in [0.05, 0.1) is 0 Å². The molecular weight excluding hydrogens is 204 g/mol. The lowest BCUT2D eigenvalue weighted by molar-refractivity contribution is -0.107. The molecule has 0 saturated carbocycles. The molecule has 2 heteroatoms. The highest BCUT2D eigenvalue weighted by molar-refractivity contribution is 9.10. The number of hydrogen-bond acceptors (Lipinski definition) is 1. The van der Waals surface area contributed by atoms with Gasteiger partial charge in [0.15, 0.2) is 0 Å². The van der Waals surface area contributed by atoms with Crippen molar-refractivity contribution in [1.82, 2.24) is 0 Å². The Hall–Kier alpha value is -0.630. The molecule has 58 valence electrons. The molecule has 0 amide bonds. The van der Waals surface area contributed by atoms with Gasteiger partial charge in [-0.25, -0.2) is 0 Å². The Balaban J connectivity index is 2.95. The Bertz CT molecular complexity index is 268. The second-order valence-electron chi connectivity index (χ2n) is 2.45. The molecule has 0 aromatic heterocycles. The van der Waals surface area contributed by atoms with E-state index in [9.17, 15) is 4.79 Å². The van der Waals surface area contributed by atoms with Crippen molar-refractivity contribution in [2.24, 2.45) is 0 Å². The highest BCUT2D eigenvalue weighted by atomic mass is 79.9. The van der Waals surface area contributed by atoms with Gasteiger partial charge < -0.3 is 4.79 Å². The summed E-state index contributed by atoms with van der Waals surface area (Å²) in [5, 5.41) is 0. The number of hydrogen-bond donors (Lipinski definition) is 0. The average molecular weight is 213 g/mol. The van der Waals surface area contributed by atoms with Gasteiger partial charge in [-0.1, -0.05) is 28.1 Å². The molecule has 1 rings (SSSR count). The fraction of sp³-hybridized carbons (Fsp3) is 0.222. The maximum absolute atomic E-state index is 10.2. The van der Waals surface area contributed by atoms with E-state index in [2.05, 4.69) is 15.9 Å². The zero-order chi connectivity index (χ0) is 8.27. The van der Waals surface area contributed by atoms with Crippen LogP contribution in [0.25, 0.3) is 0 Å². The molecule has 0 aliphatic heterocycles. The van der Waals surface area contributed by atoms with Gasteiger partial charge >= 0.3 is 0 Å². The van der Waals surface area contributed by atoms with E-state index in [1.54, 1.807) is 0 Å². The number of carbonyl (C=O) groups is 1. The van der Waals surface area contributed by atoms with E-state index in [1.807, 2.05) is 25.1 Å². The van der Waals surface area contributed by atoms with Gasteiger partial charge in [-0.05, 0) is 24.1 Å². The van der Waals surface area contributed by atoms with E-state index < -0.39 is 0 Å². The van der Waals surface area contributed by atoms with Crippen LogP contribution in [0.4, 0.5) is 0 Å². The molecule has 1 nitrogen and oxygen atoms in total. The van der Waals surface area contributed by atoms with Gasteiger partial charge in [0.2, 0.25) is 0 Å². The van der Waals surface area contributed by atoms with E-state index in [4.69, 9.17) is 0 Å². The third-order valence-electron chi connectivity index (χ3n) is 1.56. The molecule has 0 spiro atoms. The molecule has 1 aromatic carbocycles. The molecule has 1 aromatic rings. The van der Waals surface area contributed by atoms with E-state index in [-0.39, 0.29) is 0 Å². The number of carbonyl (C=O) groups excluding carboxylic acids is 1. The molecule has 0 fully saturated rings. The quantitative estimate of drug-likeness (QED) is 0.689. The summed E-state index contributed by atoms with van der Waals surface area (Å²) < 4.78 is 1.07. The molecule has 0 heterocycles. The molecule has 0 saturated heterocycles. The van der Waals surface area contributed by atoms with E-state index in [0.717, 1.165) is 16.3 Å². The summed E-state index contributed by atoms with van der Waals surface area (Å²) >= 11 is 3.40. The average Bonchev–Trinajstić information content (AvgIpc) is 1.98. The SMILES string of the molecule is Cc1ccc(CC=O)cc1Br. The van der Waals surface area contributed by atoms with Crippen molar-refractivity contribution < 1.29 is 4.79 Å². The third-order valence-corrected chi connectivity index (χ3v) is 2.41. The highest BCUT2D eigenvalue weighted by Crippen LogP contribution is 2.17. The van der Waals surface area contributed by atoms with Gasteiger partial charge in [-0.3, -0.25) is 0 Å². The van der Waals surface area contributed by atoms with Crippen molar-refractivity contribution >= 4 is 22.2 Å². The predicted octanol–water partition coefficient (Wildman–Crippen LogP) is 2.50. The van der Waals surface area contributed by atoms with Gasteiger partial charge in [0.25, 0.3) is 0 Å². The summed E-state index contributed by atoms with van der Waals surface area (Å²) in [6.45, 7) is 2.02. The first-order valence-electron chi connectivity index (χ1n) is 3.42. The van der Waals surface area contributed by atoms with Crippen molar-refractivity contribution in [1.29, 1.82) is 0 Å². The minimum Gasteiger partial charge on any atom is -0.303 e. The van der Waals surface area contributed by atoms with Crippen LogP contribution in [-0.2, 0) is 11.2 Å². The topological polar surface area (TPSA) is 17.1 Å². The minimum atomic E-state index is 0.499. The molecule has 11 heavy (non-hydrogen) atoms. The van der Waals surface area contributed by atoms with Gasteiger partial charge in [-0.15, -0.1) is 0 Å². The molecule has 0 radical (unpaired) electrons. The number of halogens is 1. The van der Waals surface area contributed by atoms with Crippen LogP contribution in [-0.4, -0.2) is 6.29 Å². The summed E-state index contributed by atoms with van der Waals surface area (Å²) in [5.74, 6) is 0. The first kappa shape index (κ1) is 8.47. The number of aldehydes is 1. The summed E-state index contributed by atoms with van der Waals surface area (Å²) in [6, 6.07) is 5.95. The third kappa shape index (κ3) is 2.15. The van der Waals surface area contributed by atoms with Crippen LogP contribution < -0.4 is 0 Å². The fourth-order valence-electron chi connectivity index (χ4n) is 0.860. The lowest BCUT2D eigenvalue weighted by Crippen LogP contribution is -1.86. The summed E-state index contributed by atoms with van der Waals surface area (Å²) in [7, 11) is 0. The van der Waals surface area contributed by atoms with Crippen molar-refractivity contribution in [2.75, 3.05) is 0 Å². The Morgan fingerprint density at radius 1 is 1.55 bits per heavy atom. The first-order chi connectivity index (χ1) is 5.24. The zero-order valence-corrected chi connectivity index (χ0v) is 7.89. The maximum atomic E-state index is 10.2. The van der Waals surface area contributed by atoms with Crippen LogP contribution in [0.15, 0.2) is 22.7 Å². The molecule has 0 N–H and O–H groups in total. The molecule has 0 unspecified atom stereocenters. The molecule has 0 aliphatic carbocycles. The summed E-state index contributed by atoms with van der Waals surface area (Å²) in [5.41, 5.74) is 2.25. The number of aryl methyl sites for hydroxylation is 1. The molecule has 0 bridgehead atoms. The Morgan fingerprint density at radius 3 is 2.82 bits per heavy atom. The van der Waals surface area contributed by atoms with Crippen molar-refractivity contribution in [3.63, 3.8) is 0 Å². The second-order valence-corrected chi connectivity index (χ2v) is 3.31. The predicted molar refractivity (Wildman–Crippen MR) is 48.6 cm³/mol. The van der Waals surface area contributed by atoms with E-state index in [0.29, 0.717) is 6.42 Å². The number of rotatable bonds is 2. The Morgan fingerprint density at radius 2 is 2.27 bits per heavy atom. The Labute approximate surface area is 74.6 Å². The standard InChI is InChI=1S/C9H9BrO/c1-7-2-3-8(4-5-11)6-9(7)10/h2-3,5-6H,4H2,1H3. The first-order valence-corrected chi connectivity index (χ1v) is 4.22. The van der Waals surface area contributed by atoms with Gasteiger partial charge in [-0.2, -0.15) is 0 Å². The Kier molecular flexibility index (Phi) is 2.83. The lowest BCUT2D eigenvalue weighted by Gasteiger charge is -1.99. The monoisotopic (exact) mass is 212 g/mol. The summed E-state index contributed by atoms with van der Waals surface area (Å²) in [4.78, 5) is 10.2. The smallest absolute Gasteiger partial charge is 0.124 e. The van der Waals surface area contributed by atoms with Crippen molar-refractivity contribution in [3.05, 3.63) is 33.8 Å². The second kappa shape index (κ2) is 3.67. The van der Waals surface area contributed by atoms with Crippen LogP contribution in [0.5, 0.6) is 0 Å². The minimum absolute atomic E-state index is 0.499. The van der Waals surface area contributed by atoms with Crippen LogP contribution in [0.1, 0.15) is 11.1 Å².